The van der Waals surface area contributed by atoms with Crippen LogP contribution in [0.25, 0.3) is 0 Å². The molecule has 0 saturated heterocycles. The second-order valence-corrected chi connectivity index (χ2v) is 12.2. The van der Waals surface area contributed by atoms with Gasteiger partial charge in [0.1, 0.15) is 10.3 Å². The molecule has 0 bridgehead atoms. The third kappa shape index (κ3) is 6.29. The van der Waals surface area contributed by atoms with Gasteiger partial charge in [-0.15, -0.1) is 11.3 Å². The van der Waals surface area contributed by atoms with E-state index < -0.39 is 22.2 Å². The van der Waals surface area contributed by atoms with Gasteiger partial charge in [0.15, 0.2) is 5.75 Å². The van der Waals surface area contributed by atoms with Crippen molar-refractivity contribution >= 4 is 39.0 Å². The van der Waals surface area contributed by atoms with Gasteiger partial charge >= 0.3 is 6.03 Å². The van der Waals surface area contributed by atoms with Crippen LogP contribution in [0, 0.1) is 5.92 Å². The van der Waals surface area contributed by atoms with E-state index in [1.807, 2.05) is 20.8 Å². The molecule has 1 aromatic heterocycles. The van der Waals surface area contributed by atoms with Crippen molar-refractivity contribution in [1.82, 2.24) is 15.1 Å². The Morgan fingerprint density at radius 1 is 1.28 bits per heavy atom. The Balaban J connectivity index is 2.04. The number of urea groups is 1. The van der Waals surface area contributed by atoms with Crippen LogP contribution in [0.15, 0.2) is 39.9 Å². The van der Waals surface area contributed by atoms with Crippen molar-refractivity contribution in [3.05, 3.63) is 41.3 Å². The van der Waals surface area contributed by atoms with E-state index >= 15 is 0 Å². The minimum absolute atomic E-state index is 0.0480. The summed E-state index contributed by atoms with van der Waals surface area (Å²) in [5.41, 5.74) is 0.298. The number of para-hydroxylation sites is 1. The summed E-state index contributed by atoms with van der Waals surface area (Å²) in [6.07, 6.45) is -0.569. The van der Waals surface area contributed by atoms with Crippen LogP contribution in [-0.4, -0.2) is 80.2 Å². The molecule has 36 heavy (non-hydrogen) atoms. The number of aliphatic hydroxyl groups excluding tert-OH is 1. The van der Waals surface area contributed by atoms with Crippen LogP contribution in [0.4, 0.5) is 10.5 Å². The lowest BCUT2D eigenvalue weighted by Crippen LogP contribution is -2.51. The molecular weight excluding hydrogens is 504 g/mol. The largest absolute Gasteiger partial charge is 0.485 e. The molecule has 0 fully saturated rings. The van der Waals surface area contributed by atoms with E-state index in [9.17, 15) is 23.1 Å². The topological polar surface area (TPSA) is 128 Å². The van der Waals surface area contributed by atoms with Gasteiger partial charge in [-0.1, -0.05) is 19.1 Å². The minimum Gasteiger partial charge on any atom is -0.485 e. The Morgan fingerprint density at radius 3 is 2.61 bits per heavy atom. The van der Waals surface area contributed by atoms with Gasteiger partial charge in [0.2, 0.25) is 0 Å². The number of carbonyl (C=O) groups excluding carboxylic acids is 2. The van der Waals surface area contributed by atoms with Crippen molar-refractivity contribution in [3.8, 4) is 5.75 Å². The van der Waals surface area contributed by atoms with E-state index in [1.165, 1.54) is 17.0 Å². The van der Waals surface area contributed by atoms with Crippen molar-refractivity contribution in [2.75, 3.05) is 31.5 Å². The molecule has 0 aliphatic carbocycles. The summed E-state index contributed by atoms with van der Waals surface area (Å²) in [4.78, 5) is 29.1. The van der Waals surface area contributed by atoms with Crippen molar-refractivity contribution in [1.29, 1.82) is 0 Å². The first-order valence-corrected chi connectivity index (χ1v) is 14.1. The fraction of sp³-hybridized carbons (Fsp3) is 0.500. The number of likely N-dealkylation sites (N-methyl/N-ethyl adjacent to an activating group) is 1. The summed E-state index contributed by atoms with van der Waals surface area (Å²) in [7, 11) is -2.26. The highest BCUT2D eigenvalue weighted by Gasteiger charge is 2.35. The van der Waals surface area contributed by atoms with Crippen molar-refractivity contribution in [3.63, 3.8) is 0 Å². The second-order valence-electron chi connectivity index (χ2n) is 9.33. The molecule has 0 spiro atoms. The van der Waals surface area contributed by atoms with Crippen LogP contribution in [0.2, 0.25) is 0 Å². The number of benzene rings is 1. The molecule has 3 rings (SSSR count). The van der Waals surface area contributed by atoms with Crippen LogP contribution in [0.3, 0.4) is 0 Å². The van der Waals surface area contributed by atoms with Gasteiger partial charge in [0.05, 0.1) is 30.4 Å². The zero-order valence-electron chi connectivity index (χ0n) is 21.1. The maximum Gasteiger partial charge on any atom is 0.317 e. The third-order valence-corrected chi connectivity index (χ3v) is 8.67. The maximum atomic E-state index is 13.5. The number of rotatable bonds is 8. The van der Waals surface area contributed by atoms with E-state index in [-0.39, 0.29) is 64.8 Å². The van der Waals surface area contributed by atoms with E-state index in [0.717, 1.165) is 11.3 Å². The Kier molecular flexibility index (Phi) is 8.85. The lowest BCUT2D eigenvalue weighted by atomic mass is 9.99. The molecule has 3 atom stereocenters. The molecular formula is C24H34N4O6S2. The first-order chi connectivity index (χ1) is 16.9. The lowest BCUT2D eigenvalue weighted by molar-refractivity contribution is 0.0369. The second kappa shape index (κ2) is 11.5. The number of ether oxygens (including phenoxy) is 1. The molecule has 1 aliphatic rings. The van der Waals surface area contributed by atoms with Crippen LogP contribution in [-0.2, 0) is 10.0 Å². The fourth-order valence-corrected chi connectivity index (χ4v) is 5.92. The number of sulfonamides is 1. The van der Waals surface area contributed by atoms with Gasteiger partial charge in [0.25, 0.3) is 15.9 Å². The summed E-state index contributed by atoms with van der Waals surface area (Å²) in [6.45, 7) is 7.61. The molecule has 10 nitrogen and oxygen atoms in total. The zero-order valence-corrected chi connectivity index (χ0v) is 22.7. The summed E-state index contributed by atoms with van der Waals surface area (Å²) < 4.78 is 35.0. The summed E-state index contributed by atoms with van der Waals surface area (Å²) in [5, 5.41) is 14.3. The number of fused-ring (bicyclic) bond motifs is 1. The number of hydrogen-bond donors (Lipinski definition) is 3. The van der Waals surface area contributed by atoms with Crippen LogP contribution in [0.1, 0.15) is 38.1 Å². The average molecular weight is 539 g/mol. The number of thiophene rings is 1. The molecule has 12 heteroatoms. The average Bonchev–Trinajstić information content (AvgIpc) is 3.36. The number of hydrogen-bond acceptors (Lipinski definition) is 7. The Morgan fingerprint density at radius 2 is 2.00 bits per heavy atom. The van der Waals surface area contributed by atoms with Crippen molar-refractivity contribution in [2.45, 2.75) is 50.1 Å². The predicted molar refractivity (Wildman–Crippen MR) is 139 cm³/mol. The number of amides is 3. The molecule has 1 aliphatic heterocycles. The molecule has 3 N–H and O–H groups in total. The van der Waals surface area contributed by atoms with E-state index in [1.54, 1.807) is 42.5 Å². The number of anilines is 1. The smallest absolute Gasteiger partial charge is 0.317 e. The first kappa shape index (κ1) is 27.8. The SMILES string of the molecule is CC(C)NC(=O)N(C)C[C@H]1Oc2c(NS(=O)(=O)c3cccs3)cccc2C(=O)N([C@H](C)CO)C[C@@H]1C. The molecule has 0 unspecified atom stereocenters. The van der Waals surface area contributed by atoms with Gasteiger partial charge in [-0.05, 0) is 44.4 Å². The highest BCUT2D eigenvalue weighted by molar-refractivity contribution is 7.94. The van der Waals surface area contributed by atoms with E-state index in [2.05, 4.69) is 10.0 Å². The third-order valence-electron chi connectivity index (χ3n) is 5.91. The fourth-order valence-electron chi connectivity index (χ4n) is 3.86. The molecule has 2 aromatic rings. The quantitative estimate of drug-likeness (QED) is 0.474. The van der Waals surface area contributed by atoms with Gasteiger partial charge in [-0.25, -0.2) is 13.2 Å². The molecule has 3 amide bonds. The number of aliphatic hydroxyl groups is 1. The standard InChI is InChI=1S/C24H34N4O6S2/c1-15(2)25-24(31)27(5)13-20-16(3)12-28(17(4)14-29)23(30)18-8-6-9-19(22(18)34-20)26-36(32,33)21-10-7-11-35-21/h6-11,15-17,20,26,29H,12-14H2,1-5H3,(H,25,31)/t16-,17+,20+/m0/s1. The summed E-state index contributed by atoms with van der Waals surface area (Å²) >= 11 is 1.07. The first-order valence-electron chi connectivity index (χ1n) is 11.7. The molecule has 198 valence electrons. The van der Waals surface area contributed by atoms with Crippen molar-refractivity contribution < 1.29 is 27.9 Å². The molecule has 1 aromatic carbocycles. The number of carbonyl (C=O) groups is 2. The number of nitrogens with one attached hydrogen (secondary N) is 2. The number of nitrogens with zero attached hydrogens (tertiary/aromatic N) is 2. The normalized spacial score (nSPS) is 19.1. The molecule has 2 heterocycles. The van der Waals surface area contributed by atoms with Crippen LogP contribution >= 0.6 is 11.3 Å². The predicted octanol–water partition coefficient (Wildman–Crippen LogP) is 2.82. The van der Waals surface area contributed by atoms with Gasteiger partial charge < -0.3 is 25.0 Å². The van der Waals surface area contributed by atoms with Gasteiger partial charge in [-0.3, -0.25) is 9.52 Å². The van der Waals surface area contributed by atoms with Gasteiger partial charge in [0, 0.05) is 25.6 Å². The van der Waals surface area contributed by atoms with E-state index in [0.29, 0.717) is 0 Å². The Bertz CT molecular complexity index is 1170. The highest BCUT2D eigenvalue weighted by Crippen LogP contribution is 2.36. The summed E-state index contributed by atoms with van der Waals surface area (Å²) in [6, 6.07) is 7.02. The zero-order chi connectivity index (χ0) is 26.6. The monoisotopic (exact) mass is 538 g/mol. The maximum absolute atomic E-state index is 13.5. The van der Waals surface area contributed by atoms with Crippen LogP contribution in [0.5, 0.6) is 5.75 Å². The Labute approximate surface area is 216 Å². The molecule has 0 saturated carbocycles. The van der Waals surface area contributed by atoms with Crippen LogP contribution < -0.4 is 14.8 Å². The Hall–Kier alpha value is -2.83. The highest BCUT2D eigenvalue weighted by atomic mass is 32.2. The van der Waals surface area contributed by atoms with Gasteiger partial charge in [-0.2, -0.15) is 0 Å². The van der Waals surface area contributed by atoms with E-state index in [4.69, 9.17) is 4.74 Å². The molecule has 0 radical (unpaired) electrons. The lowest BCUT2D eigenvalue weighted by Gasteiger charge is -2.38. The van der Waals surface area contributed by atoms with Crippen molar-refractivity contribution in [2.24, 2.45) is 5.92 Å². The minimum atomic E-state index is -3.91. The summed E-state index contributed by atoms with van der Waals surface area (Å²) in [5.74, 6) is -0.528.